The molecule has 0 spiro atoms. The molecule has 0 atom stereocenters. The molecule has 2 N–H and O–H groups in total. The number of rotatable bonds is 2. The van der Waals surface area contributed by atoms with Crippen molar-refractivity contribution in [2.45, 2.75) is 19.4 Å². The second kappa shape index (κ2) is 2.64. The van der Waals surface area contributed by atoms with Gasteiger partial charge in [-0.15, -0.1) is 0 Å². The molecule has 4 heteroatoms. The zero-order valence-electron chi connectivity index (χ0n) is 7.03. The molecule has 0 radical (unpaired) electrons. The van der Waals surface area contributed by atoms with E-state index in [0.29, 0.717) is 0 Å². The second-order valence-corrected chi connectivity index (χ2v) is 2.97. The van der Waals surface area contributed by atoms with Gasteiger partial charge in [-0.2, -0.15) is 5.10 Å². The third-order valence-corrected chi connectivity index (χ3v) is 1.73. The number of aryl methyl sites for hydroxylation is 1. The summed E-state index contributed by atoms with van der Waals surface area (Å²) in [5.41, 5.74) is 0.491. The molecule has 1 rings (SSSR count). The molecule has 0 bridgehead atoms. The van der Waals surface area contributed by atoms with Crippen molar-refractivity contribution < 1.29 is 4.84 Å². The molecule has 1 heterocycles. The van der Waals surface area contributed by atoms with Gasteiger partial charge in [-0.05, 0) is 19.9 Å². The van der Waals surface area contributed by atoms with E-state index in [1.807, 2.05) is 27.0 Å². The summed E-state index contributed by atoms with van der Waals surface area (Å²) in [4.78, 5) is 4.80. The molecule has 11 heavy (non-hydrogen) atoms. The maximum atomic E-state index is 5.13. The predicted molar refractivity (Wildman–Crippen MR) is 41.5 cm³/mol. The van der Waals surface area contributed by atoms with Crippen molar-refractivity contribution in [1.29, 1.82) is 0 Å². The van der Waals surface area contributed by atoms with Crippen LogP contribution in [0.15, 0.2) is 12.3 Å². The summed E-state index contributed by atoms with van der Waals surface area (Å²) < 4.78 is 1.74. The van der Waals surface area contributed by atoms with Crippen LogP contribution in [0.25, 0.3) is 0 Å². The summed E-state index contributed by atoms with van der Waals surface area (Å²) >= 11 is 0. The SMILES string of the molecule is Cn1nccc1C(C)(C)ON. The highest BCUT2D eigenvalue weighted by Crippen LogP contribution is 2.20. The average molecular weight is 155 g/mol. The first-order valence-electron chi connectivity index (χ1n) is 3.44. The zero-order valence-corrected chi connectivity index (χ0v) is 7.03. The van der Waals surface area contributed by atoms with Gasteiger partial charge in [0.25, 0.3) is 0 Å². The molecule has 4 nitrogen and oxygen atoms in total. The third-order valence-electron chi connectivity index (χ3n) is 1.73. The van der Waals surface area contributed by atoms with Gasteiger partial charge in [0.15, 0.2) is 0 Å². The highest BCUT2D eigenvalue weighted by molar-refractivity contribution is 5.08. The number of hydrogen-bond acceptors (Lipinski definition) is 3. The molecule has 0 aliphatic heterocycles. The Bertz CT molecular complexity index is 242. The average Bonchev–Trinajstić information content (AvgIpc) is 2.36. The van der Waals surface area contributed by atoms with Gasteiger partial charge in [0, 0.05) is 13.2 Å². The molecule has 62 valence electrons. The second-order valence-electron chi connectivity index (χ2n) is 2.97. The molecule has 1 aromatic rings. The van der Waals surface area contributed by atoms with Gasteiger partial charge >= 0.3 is 0 Å². The zero-order chi connectivity index (χ0) is 8.48. The molecule has 0 saturated carbocycles. The van der Waals surface area contributed by atoms with Crippen LogP contribution in [0.1, 0.15) is 19.5 Å². The van der Waals surface area contributed by atoms with Crippen molar-refractivity contribution in [1.82, 2.24) is 9.78 Å². The maximum absolute atomic E-state index is 5.13. The number of aromatic nitrogens is 2. The summed E-state index contributed by atoms with van der Waals surface area (Å²) in [5.74, 6) is 5.13. The van der Waals surface area contributed by atoms with Crippen molar-refractivity contribution in [3.05, 3.63) is 18.0 Å². The van der Waals surface area contributed by atoms with E-state index in [-0.39, 0.29) is 0 Å². The van der Waals surface area contributed by atoms with E-state index in [1.165, 1.54) is 0 Å². The Morgan fingerprint density at radius 2 is 2.27 bits per heavy atom. The molecule has 0 aromatic carbocycles. The fourth-order valence-corrected chi connectivity index (χ4v) is 1.02. The first-order valence-corrected chi connectivity index (χ1v) is 3.44. The minimum Gasteiger partial charge on any atom is -0.292 e. The van der Waals surface area contributed by atoms with Crippen molar-refractivity contribution >= 4 is 0 Å². The Morgan fingerprint density at radius 3 is 2.64 bits per heavy atom. The van der Waals surface area contributed by atoms with E-state index in [2.05, 4.69) is 5.10 Å². The summed E-state index contributed by atoms with van der Waals surface area (Å²) in [6.07, 6.45) is 1.72. The van der Waals surface area contributed by atoms with Gasteiger partial charge < -0.3 is 0 Å². The summed E-state index contributed by atoms with van der Waals surface area (Å²) in [5, 5.41) is 4.01. The van der Waals surface area contributed by atoms with Gasteiger partial charge in [0.1, 0.15) is 5.60 Å². The summed E-state index contributed by atoms with van der Waals surface area (Å²) in [6, 6.07) is 1.88. The van der Waals surface area contributed by atoms with Gasteiger partial charge in [0.2, 0.25) is 0 Å². The molecule has 0 aliphatic carbocycles. The van der Waals surface area contributed by atoms with E-state index < -0.39 is 5.60 Å². The molecule has 0 amide bonds. The molecule has 0 unspecified atom stereocenters. The van der Waals surface area contributed by atoms with Gasteiger partial charge in [-0.1, -0.05) is 0 Å². The minimum absolute atomic E-state index is 0.467. The maximum Gasteiger partial charge on any atom is 0.125 e. The van der Waals surface area contributed by atoms with E-state index in [9.17, 15) is 0 Å². The van der Waals surface area contributed by atoms with Crippen molar-refractivity contribution in [2.75, 3.05) is 0 Å². The van der Waals surface area contributed by atoms with Crippen LogP contribution < -0.4 is 5.90 Å². The van der Waals surface area contributed by atoms with Crippen molar-refractivity contribution in [2.24, 2.45) is 12.9 Å². The van der Waals surface area contributed by atoms with Gasteiger partial charge in [-0.3, -0.25) is 9.52 Å². The monoisotopic (exact) mass is 155 g/mol. The van der Waals surface area contributed by atoms with E-state index in [0.717, 1.165) is 5.69 Å². The first-order chi connectivity index (χ1) is 5.08. The Hall–Kier alpha value is -0.870. The molecule has 0 aliphatic rings. The van der Waals surface area contributed by atoms with Crippen molar-refractivity contribution in [3.63, 3.8) is 0 Å². The van der Waals surface area contributed by atoms with Crippen LogP contribution in [0.2, 0.25) is 0 Å². The fourth-order valence-electron chi connectivity index (χ4n) is 1.02. The lowest BCUT2D eigenvalue weighted by Gasteiger charge is -2.21. The molecule has 0 fully saturated rings. The predicted octanol–water partition coefficient (Wildman–Crippen LogP) is 0.545. The van der Waals surface area contributed by atoms with Crippen LogP contribution in [0.3, 0.4) is 0 Å². The van der Waals surface area contributed by atoms with Crippen LogP contribution in [-0.2, 0) is 17.5 Å². The quantitative estimate of drug-likeness (QED) is 0.634. The topological polar surface area (TPSA) is 53.1 Å². The van der Waals surface area contributed by atoms with Crippen LogP contribution >= 0.6 is 0 Å². The Balaban J connectivity index is 3.00. The lowest BCUT2D eigenvalue weighted by Crippen LogP contribution is -2.27. The fraction of sp³-hybridized carbons (Fsp3) is 0.571. The Kier molecular flexibility index (Phi) is 1.97. The van der Waals surface area contributed by atoms with E-state index in [4.69, 9.17) is 10.7 Å². The highest BCUT2D eigenvalue weighted by atomic mass is 16.6. The van der Waals surface area contributed by atoms with E-state index in [1.54, 1.807) is 10.9 Å². The largest absolute Gasteiger partial charge is 0.292 e. The number of nitrogens with zero attached hydrogens (tertiary/aromatic N) is 2. The molecule has 0 saturated heterocycles. The van der Waals surface area contributed by atoms with Crippen LogP contribution in [0, 0.1) is 0 Å². The highest BCUT2D eigenvalue weighted by Gasteiger charge is 2.23. The number of hydrogen-bond donors (Lipinski definition) is 1. The van der Waals surface area contributed by atoms with Gasteiger partial charge in [0.05, 0.1) is 5.69 Å². The first kappa shape index (κ1) is 8.23. The summed E-state index contributed by atoms with van der Waals surface area (Å²) in [7, 11) is 1.86. The standard InChI is InChI=1S/C7H13N3O/c1-7(2,11-8)6-4-5-9-10(6)3/h4-5H,8H2,1-3H3. The normalized spacial score (nSPS) is 12.0. The van der Waals surface area contributed by atoms with Gasteiger partial charge in [-0.25, -0.2) is 5.90 Å². The molecular formula is C7H13N3O. The molecular weight excluding hydrogens is 142 g/mol. The molecule has 1 aromatic heterocycles. The Labute approximate surface area is 65.9 Å². The third kappa shape index (κ3) is 1.41. The smallest absolute Gasteiger partial charge is 0.125 e. The van der Waals surface area contributed by atoms with Crippen molar-refractivity contribution in [3.8, 4) is 0 Å². The minimum atomic E-state index is -0.467. The van der Waals surface area contributed by atoms with Crippen LogP contribution in [0.5, 0.6) is 0 Å². The number of nitrogens with two attached hydrogens (primary N) is 1. The van der Waals surface area contributed by atoms with E-state index >= 15 is 0 Å². The van der Waals surface area contributed by atoms with Crippen LogP contribution in [0.4, 0.5) is 0 Å². The lowest BCUT2D eigenvalue weighted by molar-refractivity contribution is -0.0294. The van der Waals surface area contributed by atoms with Crippen LogP contribution in [-0.4, -0.2) is 9.78 Å². The summed E-state index contributed by atoms with van der Waals surface area (Å²) in [6.45, 7) is 3.79. The Morgan fingerprint density at radius 1 is 1.64 bits per heavy atom. The lowest BCUT2D eigenvalue weighted by atomic mass is 10.1.